The average Bonchev–Trinajstić information content (AvgIpc) is 3.09. The molecule has 1 fully saturated rings. The van der Waals surface area contributed by atoms with E-state index in [1.165, 1.54) is 70.6 Å². The van der Waals surface area contributed by atoms with Crippen molar-refractivity contribution in [2.45, 2.75) is 111 Å². The molecule has 0 aromatic carbocycles. The Bertz CT molecular complexity index is 882. The number of rotatable bonds is 16. The van der Waals surface area contributed by atoms with E-state index in [2.05, 4.69) is 14.0 Å². The first kappa shape index (κ1) is 33.2. The van der Waals surface area contributed by atoms with Crippen molar-refractivity contribution < 1.29 is 9.28 Å². The summed E-state index contributed by atoms with van der Waals surface area (Å²) in [6.07, 6.45) is 19.5. The summed E-state index contributed by atoms with van der Waals surface area (Å²) in [6, 6.07) is 0. The summed E-state index contributed by atoms with van der Waals surface area (Å²) in [7, 11) is 2.16. The Balaban J connectivity index is 1.30. The van der Waals surface area contributed by atoms with Crippen LogP contribution in [-0.4, -0.2) is 69.1 Å². The van der Waals surface area contributed by atoms with Crippen molar-refractivity contribution in [2.75, 3.05) is 39.8 Å². The van der Waals surface area contributed by atoms with E-state index >= 15 is 0 Å². The van der Waals surface area contributed by atoms with Gasteiger partial charge in [0.25, 0.3) is 0 Å². The molecule has 3 aliphatic rings. The fourth-order valence-corrected chi connectivity index (χ4v) is 8.59. The largest absolute Gasteiger partial charge is 0.331 e. The molecule has 0 aromatic rings. The van der Waals surface area contributed by atoms with Crippen molar-refractivity contribution in [3.05, 3.63) is 21.7 Å². The highest BCUT2D eigenvalue weighted by molar-refractivity contribution is 6.66. The van der Waals surface area contributed by atoms with Crippen LogP contribution in [0.4, 0.5) is 0 Å². The van der Waals surface area contributed by atoms with Gasteiger partial charge >= 0.3 is 0 Å². The molecule has 0 aromatic heterocycles. The molecule has 1 heterocycles. The molecule has 1 saturated heterocycles. The van der Waals surface area contributed by atoms with Gasteiger partial charge in [0.05, 0.1) is 43.3 Å². The van der Waals surface area contributed by atoms with E-state index in [-0.39, 0.29) is 16.0 Å². The highest BCUT2D eigenvalue weighted by Gasteiger charge is 2.75. The summed E-state index contributed by atoms with van der Waals surface area (Å²) in [5.41, 5.74) is 0.794. The number of carbonyl (C=O) groups excluding carboxylic acids is 1. The third-order valence-corrected chi connectivity index (χ3v) is 12.8. The van der Waals surface area contributed by atoms with Crippen LogP contribution >= 0.6 is 69.6 Å². The zero-order chi connectivity index (χ0) is 28.0. The van der Waals surface area contributed by atoms with E-state index in [9.17, 15) is 4.79 Å². The number of allylic oxidation sites excluding steroid dienone is 3. The number of likely N-dealkylation sites (N-methyl/N-ethyl adjacent to an activating group) is 1. The number of unbranched alkanes of at least 4 members (excludes halogenated alkanes) is 12. The SMILES string of the molecule is CCCCCCCCCCCCCCCC(=O)N1CC[N+](C)(CC2=CC3(Cl)C(Cl)=C(Cl)C2(Cl)C3(Cl)Cl)CC1. The van der Waals surface area contributed by atoms with Gasteiger partial charge in [-0.05, 0) is 12.5 Å². The zero-order valence-corrected chi connectivity index (χ0v) is 27.6. The molecule has 2 aliphatic carbocycles. The van der Waals surface area contributed by atoms with Gasteiger partial charge < -0.3 is 9.38 Å². The predicted octanol–water partition coefficient (Wildman–Crippen LogP) is 9.53. The molecule has 2 unspecified atom stereocenters. The number of carbonyl (C=O) groups is 1. The average molecular weight is 650 g/mol. The van der Waals surface area contributed by atoms with Crippen LogP contribution in [0.1, 0.15) is 96.8 Å². The van der Waals surface area contributed by atoms with Crippen molar-refractivity contribution in [3.63, 3.8) is 0 Å². The van der Waals surface area contributed by atoms with Gasteiger partial charge in [-0.3, -0.25) is 4.79 Å². The molecule has 38 heavy (non-hydrogen) atoms. The highest BCUT2D eigenvalue weighted by atomic mass is 35.5. The summed E-state index contributed by atoms with van der Waals surface area (Å²) in [5.74, 6) is 0.269. The predicted molar refractivity (Wildman–Crippen MR) is 166 cm³/mol. The molecule has 218 valence electrons. The van der Waals surface area contributed by atoms with E-state index in [4.69, 9.17) is 69.6 Å². The maximum atomic E-state index is 12.8. The van der Waals surface area contributed by atoms with Gasteiger partial charge in [-0.15, -0.1) is 23.2 Å². The van der Waals surface area contributed by atoms with Gasteiger partial charge in [-0.25, -0.2) is 0 Å². The molecule has 3 rings (SSSR count). The molecular weight excluding hydrogens is 605 g/mol. The molecular formula is C29H45Cl6N2O+. The smallest absolute Gasteiger partial charge is 0.222 e. The zero-order valence-electron chi connectivity index (χ0n) is 23.1. The fourth-order valence-electron chi connectivity index (χ4n) is 6.05. The molecule has 0 radical (unpaired) electrons. The minimum atomic E-state index is -1.56. The molecule has 2 atom stereocenters. The second-order valence-electron chi connectivity index (χ2n) is 11.8. The van der Waals surface area contributed by atoms with Crippen molar-refractivity contribution >= 4 is 75.5 Å². The van der Waals surface area contributed by atoms with Crippen LogP contribution in [-0.2, 0) is 4.79 Å². The van der Waals surface area contributed by atoms with Crippen LogP contribution < -0.4 is 0 Å². The van der Waals surface area contributed by atoms with E-state index in [0.29, 0.717) is 17.4 Å². The highest BCUT2D eigenvalue weighted by Crippen LogP contribution is 2.71. The maximum Gasteiger partial charge on any atom is 0.222 e. The second kappa shape index (κ2) is 14.2. The first-order chi connectivity index (χ1) is 17.9. The molecule has 9 heteroatoms. The summed E-state index contributed by atoms with van der Waals surface area (Å²) in [5, 5.41) is 0.396. The van der Waals surface area contributed by atoms with E-state index in [1.807, 2.05) is 4.90 Å². The van der Waals surface area contributed by atoms with Crippen LogP contribution in [0.5, 0.6) is 0 Å². The van der Waals surface area contributed by atoms with Crippen molar-refractivity contribution in [1.82, 2.24) is 4.90 Å². The lowest BCUT2D eigenvalue weighted by Crippen LogP contribution is -2.60. The van der Waals surface area contributed by atoms with Crippen molar-refractivity contribution in [2.24, 2.45) is 0 Å². The summed E-state index contributed by atoms with van der Waals surface area (Å²) in [6.45, 7) is 5.94. The first-order valence-electron chi connectivity index (χ1n) is 14.6. The number of hydrogen-bond donors (Lipinski definition) is 0. The summed E-state index contributed by atoms with van der Waals surface area (Å²) >= 11 is 39.8. The van der Waals surface area contributed by atoms with E-state index in [1.54, 1.807) is 6.08 Å². The minimum absolute atomic E-state index is 0.191. The third-order valence-electron chi connectivity index (χ3n) is 8.74. The second-order valence-corrected chi connectivity index (χ2v) is 15.1. The standard InChI is InChI=1S/C29H45Cl6N2O/c1-3-4-5-6-7-8-9-10-11-12-13-14-15-16-24(38)36-17-19-37(2,20-18-36)22-23-21-27(32)25(30)26(31)28(23,33)29(27,34)35/h21H,3-20,22H2,1-2H3/q+1. The van der Waals surface area contributed by atoms with Gasteiger partial charge in [0, 0.05) is 12.0 Å². The molecule has 1 amide bonds. The number of quaternary nitrogens is 1. The Labute approximate surface area is 260 Å². The van der Waals surface area contributed by atoms with Gasteiger partial charge in [-0.2, -0.15) is 0 Å². The normalized spacial score (nSPS) is 27.8. The first-order valence-corrected chi connectivity index (χ1v) is 16.8. The van der Waals surface area contributed by atoms with Crippen LogP contribution in [0.15, 0.2) is 21.7 Å². The van der Waals surface area contributed by atoms with Gasteiger partial charge in [0.2, 0.25) is 5.91 Å². The molecule has 0 saturated carbocycles. The number of piperazine rings is 1. The lowest BCUT2D eigenvalue weighted by molar-refractivity contribution is -0.908. The van der Waals surface area contributed by atoms with Crippen LogP contribution in [0.2, 0.25) is 0 Å². The van der Waals surface area contributed by atoms with Gasteiger partial charge in [0.1, 0.15) is 16.3 Å². The van der Waals surface area contributed by atoms with Crippen LogP contribution in [0.25, 0.3) is 0 Å². The molecule has 0 spiro atoms. The van der Waals surface area contributed by atoms with Crippen molar-refractivity contribution in [3.8, 4) is 0 Å². The Morgan fingerprint density at radius 2 is 1.29 bits per heavy atom. The number of fused-ring (bicyclic) bond motifs is 2. The monoisotopic (exact) mass is 647 g/mol. The quantitative estimate of drug-likeness (QED) is 0.0706. The molecule has 0 N–H and O–H groups in total. The maximum absolute atomic E-state index is 12.8. The topological polar surface area (TPSA) is 20.3 Å². The summed E-state index contributed by atoms with van der Waals surface area (Å²) in [4.78, 5) is 12.2. The van der Waals surface area contributed by atoms with Crippen LogP contribution in [0.3, 0.4) is 0 Å². The molecule has 2 bridgehead atoms. The van der Waals surface area contributed by atoms with Crippen molar-refractivity contribution in [1.29, 1.82) is 0 Å². The molecule has 3 nitrogen and oxygen atoms in total. The number of alkyl halides is 4. The Morgan fingerprint density at radius 1 is 0.816 bits per heavy atom. The van der Waals surface area contributed by atoms with Gasteiger partial charge in [0.15, 0.2) is 4.33 Å². The molecule has 1 aliphatic heterocycles. The van der Waals surface area contributed by atoms with Gasteiger partial charge in [-0.1, -0.05) is 130 Å². The lowest BCUT2D eigenvalue weighted by Gasteiger charge is -2.44. The Kier molecular flexibility index (Phi) is 12.4. The lowest BCUT2D eigenvalue weighted by atomic mass is 9.99. The number of nitrogens with zero attached hydrogens (tertiary/aromatic N) is 2. The Hall–Kier alpha value is 0.650. The Morgan fingerprint density at radius 3 is 1.74 bits per heavy atom. The fraction of sp³-hybridized carbons (Fsp3) is 0.828. The van der Waals surface area contributed by atoms with Crippen LogP contribution in [0, 0.1) is 0 Å². The number of amides is 1. The third kappa shape index (κ3) is 6.99. The minimum Gasteiger partial charge on any atom is -0.331 e. The summed E-state index contributed by atoms with van der Waals surface area (Å²) < 4.78 is -0.848. The number of halogens is 6. The van der Waals surface area contributed by atoms with E-state index in [0.717, 1.165) is 44.6 Å². The van der Waals surface area contributed by atoms with E-state index < -0.39 is 14.1 Å². The number of hydrogen-bond acceptors (Lipinski definition) is 1.